The highest BCUT2D eigenvalue weighted by atomic mass is 32.2. The number of carboxylic acids is 1. The summed E-state index contributed by atoms with van der Waals surface area (Å²) in [6.07, 6.45) is 3.73. The minimum Gasteiger partial charge on any atom is -0.481 e. The quantitative estimate of drug-likeness (QED) is 0.893. The molecule has 0 radical (unpaired) electrons. The molecule has 22 heavy (non-hydrogen) atoms. The molecule has 2 atom stereocenters. The van der Waals surface area contributed by atoms with Gasteiger partial charge in [-0.15, -0.1) is 0 Å². The van der Waals surface area contributed by atoms with Gasteiger partial charge in [-0.25, -0.2) is 13.4 Å². The number of aliphatic carboxylic acids is 1. The molecule has 1 aliphatic carbocycles. The van der Waals surface area contributed by atoms with Crippen molar-refractivity contribution in [3.05, 3.63) is 12.0 Å². The number of rotatable bonds is 4. The standard InChI is InChI=1S/C14H21N3O4S/c1-3-16-8-12(15-10(16)2)22(20,21)17-7-11-5-4-6-14(11,9-17)13(18)19/h8,11H,3-7,9H2,1-2H3,(H,18,19)/t11-,14+/m0/s1. The molecule has 1 saturated carbocycles. The lowest BCUT2D eigenvalue weighted by molar-refractivity contribution is -0.149. The lowest BCUT2D eigenvalue weighted by Gasteiger charge is -2.22. The number of carboxylic acid groups (broad SMARTS) is 1. The van der Waals surface area contributed by atoms with Crippen LogP contribution >= 0.6 is 0 Å². The minimum absolute atomic E-state index is 0.0207. The second kappa shape index (κ2) is 5.06. The number of carbonyl (C=O) groups is 1. The molecular formula is C14H21N3O4S. The maximum absolute atomic E-state index is 12.8. The number of imidazole rings is 1. The summed E-state index contributed by atoms with van der Waals surface area (Å²) >= 11 is 0. The monoisotopic (exact) mass is 327 g/mol. The third kappa shape index (κ3) is 2.08. The Balaban J connectivity index is 1.93. The highest BCUT2D eigenvalue weighted by Gasteiger charge is 2.57. The summed E-state index contributed by atoms with van der Waals surface area (Å²) in [5.74, 6) is -0.314. The van der Waals surface area contributed by atoms with Crippen molar-refractivity contribution < 1.29 is 18.3 Å². The normalized spacial score (nSPS) is 28.9. The second-order valence-corrected chi connectivity index (χ2v) is 8.15. The van der Waals surface area contributed by atoms with Crippen molar-refractivity contribution in [1.82, 2.24) is 13.9 Å². The van der Waals surface area contributed by atoms with Gasteiger partial charge in [-0.05, 0) is 32.6 Å². The van der Waals surface area contributed by atoms with E-state index in [4.69, 9.17) is 0 Å². The van der Waals surface area contributed by atoms with Crippen molar-refractivity contribution in [2.75, 3.05) is 13.1 Å². The summed E-state index contributed by atoms with van der Waals surface area (Å²) in [7, 11) is -3.73. The number of nitrogens with zero attached hydrogens (tertiary/aromatic N) is 3. The van der Waals surface area contributed by atoms with Crippen LogP contribution in [-0.2, 0) is 21.4 Å². The van der Waals surface area contributed by atoms with Crippen LogP contribution in [0.25, 0.3) is 0 Å². The predicted octanol–water partition coefficient (Wildman–Crippen LogP) is 1.09. The van der Waals surface area contributed by atoms with E-state index in [1.54, 1.807) is 11.5 Å². The molecule has 0 spiro atoms. The van der Waals surface area contributed by atoms with Crippen LogP contribution in [0.2, 0.25) is 0 Å². The van der Waals surface area contributed by atoms with Crippen molar-refractivity contribution in [3.63, 3.8) is 0 Å². The Bertz CT molecular complexity index is 712. The number of sulfonamides is 1. The van der Waals surface area contributed by atoms with Gasteiger partial charge in [0.05, 0.1) is 5.41 Å². The molecule has 1 saturated heterocycles. The predicted molar refractivity (Wildman–Crippen MR) is 78.8 cm³/mol. The Morgan fingerprint density at radius 3 is 2.82 bits per heavy atom. The maximum atomic E-state index is 12.8. The molecule has 1 aromatic heterocycles. The van der Waals surface area contributed by atoms with Crippen LogP contribution in [0.15, 0.2) is 11.2 Å². The van der Waals surface area contributed by atoms with E-state index in [2.05, 4.69) is 4.98 Å². The van der Waals surface area contributed by atoms with Gasteiger partial charge in [0.25, 0.3) is 10.0 Å². The van der Waals surface area contributed by atoms with Crippen molar-refractivity contribution in [2.24, 2.45) is 11.3 Å². The van der Waals surface area contributed by atoms with Crippen LogP contribution in [0.4, 0.5) is 0 Å². The molecular weight excluding hydrogens is 306 g/mol. The largest absolute Gasteiger partial charge is 0.481 e. The molecule has 2 fully saturated rings. The number of hydrogen-bond acceptors (Lipinski definition) is 4. The third-order valence-corrected chi connectivity index (χ3v) is 6.85. The van der Waals surface area contributed by atoms with Crippen LogP contribution in [0, 0.1) is 18.3 Å². The highest BCUT2D eigenvalue weighted by molar-refractivity contribution is 7.89. The minimum atomic E-state index is -3.73. The fourth-order valence-electron chi connectivity index (χ4n) is 3.83. The summed E-state index contributed by atoms with van der Waals surface area (Å²) in [5.41, 5.74) is -0.907. The molecule has 2 aliphatic rings. The molecule has 3 rings (SSSR count). The van der Waals surface area contributed by atoms with E-state index in [1.807, 2.05) is 6.92 Å². The van der Waals surface area contributed by atoms with Crippen LogP contribution in [0.3, 0.4) is 0 Å². The molecule has 8 heteroatoms. The molecule has 1 N–H and O–H groups in total. The van der Waals surface area contributed by atoms with Crippen LogP contribution in [0.1, 0.15) is 32.0 Å². The third-order valence-electron chi connectivity index (χ3n) is 5.16. The van der Waals surface area contributed by atoms with E-state index < -0.39 is 21.4 Å². The fraction of sp³-hybridized carbons (Fsp3) is 0.714. The molecule has 1 aliphatic heterocycles. The highest BCUT2D eigenvalue weighted by Crippen LogP contribution is 2.50. The molecule has 0 unspecified atom stereocenters. The first kappa shape index (κ1) is 15.5. The van der Waals surface area contributed by atoms with E-state index in [0.29, 0.717) is 18.8 Å². The van der Waals surface area contributed by atoms with Gasteiger partial charge in [-0.2, -0.15) is 4.31 Å². The zero-order valence-electron chi connectivity index (χ0n) is 12.8. The molecule has 1 aromatic rings. The summed E-state index contributed by atoms with van der Waals surface area (Å²) in [4.78, 5) is 15.8. The zero-order valence-corrected chi connectivity index (χ0v) is 13.6. The Morgan fingerprint density at radius 2 is 2.27 bits per heavy atom. The fourth-order valence-corrected chi connectivity index (χ4v) is 5.38. The topological polar surface area (TPSA) is 92.5 Å². The summed E-state index contributed by atoms with van der Waals surface area (Å²) in [6, 6.07) is 0. The molecule has 0 amide bonds. The molecule has 0 bridgehead atoms. The Kier molecular flexibility index (Phi) is 3.56. The van der Waals surface area contributed by atoms with E-state index in [0.717, 1.165) is 12.8 Å². The first-order valence-corrected chi connectivity index (χ1v) is 9.02. The smallest absolute Gasteiger partial charge is 0.311 e. The average Bonchev–Trinajstić information content (AvgIpc) is 3.09. The SMILES string of the molecule is CCn1cc(S(=O)(=O)N2C[C@@H]3CCC[C@@]3(C(=O)O)C2)nc1C. The first-order valence-electron chi connectivity index (χ1n) is 7.58. The Hall–Kier alpha value is -1.41. The van der Waals surface area contributed by atoms with Crippen LogP contribution in [-0.4, -0.2) is 46.4 Å². The van der Waals surface area contributed by atoms with E-state index in [9.17, 15) is 18.3 Å². The van der Waals surface area contributed by atoms with Gasteiger partial charge in [0, 0.05) is 25.8 Å². The summed E-state index contributed by atoms with van der Waals surface area (Å²) in [5, 5.41) is 9.59. The van der Waals surface area contributed by atoms with Crippen molar-refractivity contribution in [2.45, 2.75) is 44.7 Å². The molecule has 7 nitrogen and oxygen atoms in total. The summed E-state index contributed by atoms with van der Waals surface area (Å²) in [6.45, 7) is 4.68. The Morgan fingerprint density at radius 1 is 1.55 bits per heavy atom. The number of aromatic nitrogens is 2. The second-order valence-electron chi connectivity index (χ2n) is 6.26. The van der Waals surface area contributed by atoms with E-state index in [1.165, 1.54) is 10.5 Å². The summed E-state index contributed by atoms with van der Waals surface area (Å²) < 4.78 is 28.6. The van der Waals surface area contributed by atoms with E-state index in [-0.39, 0.29) is 24.0 Å². The lowest BCUT2D eigenvalue weighted by Crippen LogP contribution is -2.37. The molecule has 2 heterocycles. The van der Waals surface area contributed by atoms with Crippen molar-refractivity contribution in [3.8, 4) is 0 Å². The number of fused-ring (bicyclic) bond motifs is 1. The zero-order chi connectivity index (χ0) is 16.1. The van der Waals surface area contributed by atoms with Gasteiger partial charge in [0.2, 0.25) is 0 Å². The van der Waals surface area contributed by atoms with Gasteiger partial charge in [-0.3, -0.25) is 4.79 Å². The van der Waals surface area contributed by atoms with Crippen molar-refractivity contribution >= 4 is 16.0 Å². The van der Waals surface area contributed by atoms with Crippen LogP contribution in [0.5, 0.6) is 0 Å². The first-order chi connectivity index (χ1) is 10.3. The number of hydrogen-bond donors (Lipinski definition) is 1. The van der Waals surface area contributed by atoms with Gasteiger partial charge in [0.15, 0.2) is 5.03 Å². The Labute approximate surface area is 130 Å². The van der Waals surface area contributed by atoms with Gasteiger partial charge in [0.1, 0.15) is 5.82 Å². The van der Waals surface area contributed by atoms with Gasteiger partial charge < -0.3 is 9.67 Å². The van der Waals surface area contributed by atoms with Gasteiger partial charge in [-0.1, -0.05) is 6.42 Å². The van der Waals surface area contributed by atoms with Gasteiger partial charge >= 0.3 is 5.97 Å². The lowest BCUT2D eigenvalue weighted by atomic mass is 9.81. The number of aryl methyl sites for hydroxylation is 2. The van der Waals surface area contributed by atoms with E-state index >= 15 is 0 Å². The molecule has 122 valence electrons. The molecule has 0 aromatic carbocycles. The maximum Gasteiger partial charge on any atom is 0.311 e. The van der Waals surface area contributed by atoms with Crippen molar-refractivity contribution in [1.29, 1.82) is 0 Å². The van der Waals surface area contributed by atoms with Crippen LogP contribution < -0.4 is 0 Å². The average molecular weight is 327 g/mol.